The maximum absolute atomic E-state index is 10.7. The number of carbonyl (C=O) groups excluding carboxylic acids is 1. The van der Waals surface area contributed by atoms with Crippen LogP contribution in [0.15, 0.2) is 24.3 Å². The fraction of sp³-hybridized carbons (Fsp3) is 0.273. The molecule has 4 heteroatoms. The predicted octanol–water partition coefficient (Wildman–Crippen LogP) is 0.714. The molecule has 4 nitrogen and oxygen atoms in total. The van der Waals surface area contributed by atoms with Gasteiger partial charge >= 0.3 is 5.97 Å². The van der Waals surface area contributed by atoms with Crippen molar-refractivity contribution >= 4 is 12.3 Å². The Bertz CT molecular complexity index is 345. The summed E-state index contributed by atoms with van der Waals surface area (Å²) in [5.41, 5.74) is 1.48. The molecule has 0 radical (unpaired) electrons. The van der Waals surface area contributed by atoms with Crippen molar-refractivity contribution in [2.75, 3.05) is 7.05 Å². The van der Waals surface area contributed by atoms with Gasteiger partial charge in [-0.15, -0.1) is 0 Å². The summed E-state index contributed by atoms with van der Waals surface area (Å²) in [5.74, 6) is -0.878. The third-order valence-electron chi connectivity index (χ3n) is 2.20. The summed E-state index contributed by atoms with van der Waals surface area (Å²) in [6, 6.07) is 6.29. The highest BCUT2D eigenvalue weighted by molar-refractivity contribution is 5.75. The van der Waals surface area contributed by atoms with Crippen LogP contribution in [0.3, 0.4) is 0 Å². The minimum Gasteiger partial charge on any atom is -0.480 e. The molecule has 1 aromatic carbocycles. The predicted molar refractivity (Wildman–Crippen MR) is 56.0 cm³/mol. The minimum absolute atomic E-state index is 0.408. The number of carboxylic acid groups (broad SMARTS) is 1. The summed E-state index contributed by atoms with van der Waals surface area (Å²) >= 11 is 0. The number of hydrogen-bond acceptors (Lipinski definition) is 3. The summed E-state index contributed by atoms with van der Waals surface area (Å²) in [6.45, 7) is 0. The van der Waals surface area contributed by atoms with Crippen molar-refractivity contribution in [3.8, 4) is 0 Å². The van der Waals surface area contributed by atoms with Crippen LogP contribution >= 0.6 is 0 Å². The van der Waals surface area contributed by atoms with Gasteiger partial charge in [-0.05, 0) is 19.0 Å². The molecule has 0 saturated carbocycles. The fourth-order valence-corrected chi connectivity index (χ4v) is 1.28. The zero-order valence-corrected chi connectivity index (χ0v) is 8.43. The molecule has 0 bridgehead atoms. The van der Waals surface area contributed by atoms with Crippen LogP contribution in [0.25, 0.3) is 0 Å². The normalized spacial score (nSPS) is 12.1. The van der Waals surface area contributed by atoms with E-state index in [1.807, 2.05) is 0 Å². The highest BCUT2D eigenvalue weighted by Gasteiger charge is 2.14. The van der Waals surface area contributed by atoms with Gasteiger partial charge in [-0.3, -0.25) is 9.59 Å². The topological polar surface area (TPSA) is 66.4 Å². The van der Waals surface area contributed by atoms with E-state index in [0.717, 1.165) is 11.8 Å². The molecule has 0 fully saturated rings. The van der Waals surface area contributed by atoms with Gasteiger partial charge in [0.05, 0.1) is 0 Å². The molecule has 0 amide bonds. The van der Waals surface area contributed by atoms with Crippen LogP contribution in [0.4, 0.5) is 0 Å². The molecule has 2 N–H and O–H groups in total. The Morgan fingerprint density at radius 3 is 2.47 bits per heavy atom. The minimum atomic E-state index is -0.878. The zero-order valence-electron chi connectivity index (χ0n) is 8.43. The van der Waals surface area contributed by atoms with Crippen LogP contribution in [-0.2, 0) is 11.2 Å². The molecule has 80 valence electrons. The summed E-state index contributed by atoms with van der Waals surface area (Å²) in [7, 11) is 1.61. The number of benzene rings is 1. The van der Waals surface area contributed by atoms with E-state index in [1.165, 1.54) is 0 Å². The average molecular weight is 207 g/mol. The van der Waals surface area contributed by atoms with Gasteiger partial charge in [0.1, 0.15) is 12.3 Å². The maximum Gasteiger partial charge on any atom is 0.321 e. The Morgan fingerprint density at radius 2 is 2.07 bits per heavy atom. The van der Waals surface area contributed by atoms with Crippen molar-refractivity contribution in [2.45, 2.75) is 12.5 Å². The molecule has 0 aromatic heterocycles. The molecular weight excluding hydrogens is 194 g/mol. The van der Waals surface area contributed by atoms with Gasteiger partial charge in [0.2, 0.25) is 0 Å². The zero-order chi connectivity index (χ0) is 11.3. The van der Waals surface area contributed by atoms with Crippen molar-refractivity contribution in [1.82, 2.24) is 5.32 Å². The van der Waals surface area contributed by atoms with Crippen LogP contribution in [0.1, 0.15) is 15.9 Å². The molecule has 0 unspecified atom stereocenters. The van der Waals surface area contributed by atoms with Crippen molar-refractivity contribution < 1.29 is 14.7 Å². The lowest BCUT2D eigenvalue weighted by Gasteiger charge is -2.10. The number of carbonyl (C=O) groups is 2. The number of hydrogen-bond donors (Lipinski definition) is 2. The third-order valence-corrected chi connectivity index (χ3v) is 2.20. The number of rotatable bonds is 5. The molecule has 1 atom stereocenters. The summed E-state index contributed by atoms with van der Waals surface area (Å²) in [6.07, 6.45) is 1.17. The monoisotopic (exact) mass is 207 g/mol. The van der Waals surface area contributed by atoms with E-state index in [4.69, 9.17) is 5.11 Å². The highest BCUT2D eigenvalue weighted by Crippen LogP contribution is 2.05. The molecule has 1 rings (SSSR count). The first-order valence-electron chi connectivity index (χ1n) is 4.61. The first-order chi connectivity index (χ1) is 7.17. The van der Waals surface area contributed by atoms with Crippen LogP contribution in [-0.4, -0.2) is 30.5 Å². The van der Waals surface area contributed by atoms with Gasteiger partial charge in [0.15, 0.2) is 0 Å². The second-order valence-corrected chi connectivity index (χ2v) is 3.24. The van der Waals surface area contributed by atoms with Crippen molar-refractivity contribution in [2.24, 2.45) is 0 Å². The first kappa shape index (κ1) is 11.4. The summed E-state index contributed by atoms with van der Waals surface area (Å²) in [4.78, 5) is 21.1. The standard InChI is InChI=1S/C11H13NO3/c1-12-10(11(14)15)6-8-2-4-9(7-13)5-3-8/h2-5,7,10,12H,6H2,1H3,(H,14,15)/t10-/m0/s1. The van der Waals surface area contributed by atoms with E-state index >= 15 is 0 Å². The number of nitrogens with one attached hydrogen (secondary N) is 1. The van der Waals surface area contributed by atoms with Crippen molar-refractivity contribution in [3.63, 3.8) is 0 Å². The second-order valence-electron chi connectivity index (χ2n) is 3.24. The van der Waals surface area contributed by atoms with Gasteiger partial charge in [-0.25, -0.2) is 0 Å². The van der Waals surface area contributed by atoms with Crippen molar-refractivity contribution in [1.29, 1.82) is 0 Å². The van der Waals surface area contributed by atoms with E-state index in [2.05, 4.69) is 5.32 Å². The Labute approximate surface area is 87.9 Å². The lowest BCUT2D eigenvalue weighted by molar-refractivity contribution is -0.139. The molecule has 0 aliphatic heterocycles. The van der Waals surface area contributed by atoms with Crippen LogP contribution in [0.5, 0.6) is 0 Å². The number of likely N-dealkylation sites (N-methyl/N-ethyl adjacent to an activating group) is 1. The van der Waals surface area contributed by atoms with Crippen molar-refractivity contribution in [3.05, 3.63) is 35.4 Å². The smallest absolute Gasteiger partial charge is 0.321 e. The molecule has 0 aliphatic rings. The quantitative estimate of drug-likeness (QED) is 0.698. The number of aliphatic carboxylic acids is 1. The van der Waals surface area contributed by atoms with E-state index in [9.17, 15) is 9.59 Å². The van der Waals surface area contributed by atoms with Gasteiger partial charge in [-0.2, -0.15) is 0 Å². The molecular formula is C11H13NO3. The Morgan fingerprint density at radius 1 is 1.47 bits per heavy atom. The van der Waals surface area contributed by atoms with E-state index < -0.39 is 12.0 Å². The molecule has 0 aliphatic carbocycles. The van der Waals surface area contributed by atoms with Gasteiger partial charge in [-0.1, -0.05) is 24.3 Å². The van der Waals surface area contributed by atoms with E-state index in [1.54, 1.807) is 31.3 Å². The number of carboxylic acids is 1. The SMILES string of the molecule is CN[C@@H](Cc1ccc(C=O)cc1)C(=O)O. The molecule has 1 aromatic rings. The fourth-order valence-electron chi connectivity index (χ4n) is 1.28. The first-order valence-corrected chi connectivity index (χ1v) is 4.61. The second kappa shape index (κ2) is 5.26. The lowest BCUT2D eigenvalue weighted by Crippen LogP contribution is -2.35. The third kappa shape index (κ3) is 3.18. The maximum atomic E-state index is 10.7. The summed E-state index contributed by atoms with van der Waals surface area (Å²) in [5, 5.41) is 11.5. The Kier molecular flexibility index (Phi) is 4.00. The van der Waals surface area contributed by atoms with Gasteiger partial charge < -0.3 is 10.4 Å². The van der Waals surface area contributed by atoms with E-state index in [0.29, 0.717) is 12.0 Å². The Hall–Kier alpha value is -1.68. The van der Waals surface area contributed by atoms with Crippen LogP contribution in [0.2, 0.25) is 0 Å². The largest absolute Gasteiger partial charge is 0.480 e. The average Bonchev–Trinajstić information content (AvgIpc) is 2.26. The lowest BCUT2D eigenvalue weighted by atomic mass is 10.0. The molecule has 0 heterocycles. The summed E-state index contributed by atoms with van der Waals surface area (Å²) < 4.78 is 0. The number of aldehydes is 1. The van der Waals surface area contributed by atoms with Crippen LogP contribution in [0, 0.1) is 0 Å². The van der Waals surface area contributed by atoms with Crippen LogP contribution < -0.4 is 5.32 Å². The Balaban J connectivity index is 2.71. The molecule has 0 spiro atoms. The van der Waals surface area contributed by atoms with E-state index in [-0.39, 0.29) is 0 Å². The highest BCUT2D eigenvalue weighted by atomic mass is 16.4. The molecule has 15 heavy (non-hydrogen) atoms. The van der Waals surface area contributed by atoms with Gasteiger partial charge in [0, 0.05) is 5.56 Å². The van der Waals surface area contributed by atoms with Gasteiger partial charge in [0.25, 0.3) is 0 Å². The molecule has 0 saturated heterocycles.